The topological polar surface area (TPSA) is 112 Å². The smallest absolute Gasteiger partial charge is 0.378 e. The Morgan fingerprint density at radius 1 is 0.963 bits per heavy atom. The van der Waals surface area contributed by atoms with Gasteiger partial charge in [-0.15, -0.1) is 0 Å². The SMILES string of the molecule is CN(C)c1ccc(C([c-]2c(=O)n(C)c(=O)n(C)c2=O)C(C#N)C#N)cc1.[K+]. The Morgan fingerprint density at radius 3 is 1.78 bits per heavy atom. The summed E-state index contributed by atoms with van der Waals surface area (Å²) in [5.74, 6) is -2.31. The van der Waals surface area contributed by atoms with Crippen LogP contribution in [0.15, 0.2) is 38.6 Å². The van der Waals surface area contributed by atoms with Gasteiger partial charge in [0.25, 0.3) is 0 Å². The normalized spacial score (nSPS) is 11.2. The second kappa shape index (κ2) is 9.35. The summed E-state index contributed by atoms with van der Waals surface area (Å²) in [7, 11) is 6.23. The third kappa shape index (κ3) is 4.34. The molecule has 1 atom stereocenters. The minimum absolute atomic E-state index is 0. The molecular weight excluding hydrogens is 373 g/mol. The zero-order valence-electron chi connectivity index (χ0n) is 15.9. The fourth-order valence-corrected chi connectivity index (χ4v) is 2.80. The standard InChI is InChI=1S/C18H18N5O3.K/c1-21(2)13-7-5-11(6-8-13)14(12(9-19)10-20)15-16(24)22(3)18(26)23(4)17(15)25;/h5-8,12,14H,1-4H3;/q-1;+1. The summed E-state index contributed by atoms with van der Waals surface area (Å²) in [4.78, 5) is 39.0. The quantitative estimate of drug-likeness (QED) is 0.406. The zero-order chi connectivity index (χ0) is 19.6. The van der Waals surface area contributed by atoms with Gasteiger partial charge in [-0.25, -0.2) is 4.79 Å². The molecule has 1 unspecified atom stereocenters. The number of aromatic nitrogens is 2. The average Bonchev–Trinajstić information content (AvgIpc) is 2.64. The fourth-order valence-electron chi connectivity index (χ4n) is 2.80. The van der Waals surface area contributed by atoms with Crippen LogP contribution in [0.2, 0.25) is 0 Å². The van der Waals surface area contributed by atoms with Gasteiger partial charge in [0.05, 0.1) is 12.1 Å². The minimum Gasteiger partial charge on any atom is -0.378 e. The predicted octanol–water partition coefficient (Wildman–Crippen LogP) is -2.97. The van der Waals surface area contributed by atoms with Gasteiger partial charge in [-0.3, -0.25) is 9.13 Å². The molecule has 134 valence electrons. The molecule has 2 aromatic rings. The van der Waals surface area contributed by atoms with Crippen molar-refractivity contribution in [3.8, 4) is 12.1 Å². The summed E-state index contributed by atoms with van der Waals surface area (Å²) >= 11 is 0. The molecule has 0 saturated heterocycles. The summed E-state index contributed by atoms with van der Waals surface area (Å²) in [6.07, 6.45) is 0. The van der Waals surface area contributed by atoms with Crippen molar-refractivity contribution in [2.24, 2.45) is 20.0 Å². The summed E-state index contributed by atoms with van der Waals surface area (Å²) in [5.41, 5.74) is -1.24. The first-order valence-electron chi connectivity index (χ1n) is 7.78. The second-order valence-electron chi connectivity index (χ2n) is 6.12. The summed E-state index contributed by atoms with van der Waals surface area (Å²) in [5, 5.41) is 18.8. The van der Waals surface area contributed by atoms with Gasteiger partial charge in [0, 0.05) is 33.9 Å². The largest absolute Gasteiger partial charge is 1.00 e. The van der Waals surface area contributed by atoms with Crippen molar-refractivity contribution in [3.05, 3.63) is 66.6 Å². The van der Waals surface area contributed by atoms with Crippen LogP contribution in [0.25, 0.3) is 0 Å². The van der Waals surface area contributed by atoms with E-state index in [-0.39, 0.29) is 56.9 Å². The fraction of sp³-hybridized carbons (Fsp3) is 0.333. The molecule has 8 nitrogen and oxygen atoms in total. The molecule has 0 spiro atoms. The number of hydrogen-bond acceptors (Lipinski definition) is 6. The van der Waals surface area contributed by atoms with E-state index in [9.17, 15) is 24.9 Å². The van der Waals surface area contributed by atoms with Crippen molar-refractivity contribution in [2.45, 2.75) is 5.92 Å². The monoisotopic (exact) mass is 391 g/mol. The first-order valence-corrected chi connectivity index (χ1v) is 7.78. The Bertz CT molecular complexity index is 1030. The minimum atomic E-state index is -1.25. The number of nitriles is 2. The molecule has 2 rings (SSSR count). The Kier molecular flexibility index (Phi) is 8.02. The molecule has 0 aliphatic heterocycles. The number of nitrogens with zero attached hydrogens (tertiary/aromatic N) is 5. The van der Waals surface area contributed by atoms with Crippen LogP contribution in [0.5, 0.6) is 0 Å². The van der Waals surface area contributed by atoms with Crippen LogP contribution in [0.3, 0.4) is 0 Å². The molecule has 0 saturated carbocycles. The van der Waals surface area contributed by atoms with Gasteiger partial charge in [-0.05, 0) is 12.1 Å². The van der Waals surface area contributed by atoms with E-state index in [2.05, 4.69) is 0 Å². The average molecular weight is 391 g/mol. The number of benzene rings is 1. The molecule has 1 aromatic carbocycles. The van der Waals surface area contributed by atoms with Gasteiger partial charge in [0.2, 0.25) is 0 Å². The van der Waals surface area contributed by atoms with Gasteiger partial charge in [-0.1, -0.05) is 23.6 Å². The molecule has 1 heterocycles. The Labute approximate surface area is 198 Å². The van der Waals surface area contributed by atoms with Crippen molar-refractivity contribution in [3.63, 3.8) is 0 Å². The van der Waals surface area contributed by atoms with Crippen LogP contribution in [0.1, 0.15) is 17.0 Å². The third-order valence-corrected chi connectivity index (χ3v) is 4.34. The van der Waals surface area contributed by atoms with Crippen LogP contribution < -0.4 is 73.1 Å². The molecule has 0 aliphatic carbocycles. The van der Waals surface area contributed by atoms with Crippen LogP contribution in [0, 0.1) is 28.6 Å². The third-order valence-electron chi connectivity index (χ3n) is 4.34. The van der Waals surface area contributed by atoms with Crippen molar-refractivity contribution in [1.29, 1.82) is 10.5 Å². The Hall–Kier alpha value is -1.88. The van der Waals surface area contributed by atoms with E-state index < -0.39 is 28.6 Å². The molecule has 0 amide bonds. The van der Waals surface area contributed by atoms with E-state index in [4.69, 9.17) is 0 Å². The van der Waals surface area contributed by atoms with Gasteiger partial charge >= 0.3 is 57.1 Å². The van der Waals surface area contributed by atoms with Crippen molar-refractivity contribution >= 4 is 5.69 Å². The summed E-state index contributed by atoms with van der Waals surface area (Å²) in [6, 6.07) is 10.6. The zero-order valence-corrected chi connectivity index (χ0v) is 19.0. The van der Waals surface area contributed by atoms with Crippen molar-refractivity contribution < 1.29 is 51.4 Å². The maximum absolute atomic E-state index is 12.6. The first-order chi connectivity index (χ1) is 12.2. The van der Waals surface area contributed by atoms with E-state index in [0.717, 1.165) is 14.8 Å². The van der Waals surface area contributed by atoms with Gasteiger partial charge < -0.3 is 14.5 Å². The molecule has 0 bridgehead atoms. The molecular formula is C18H18KN5O3. The number of hydrogen-bond donors (Lipinski definition) is 0. The molecule has 0 aliphatic rings. The van der Waals surface area contributed by atoms with E-state index in [1.807, 2.05) is 31.1 Å². The van der Waals surface area contributed by atoms with Gasteiger partial charge in [-0.2, -0.15) is 16.1 Å². The molecule has 27 heavy (non-hydrogen) atoms. The van der Waals surface area contributed by atoms with Gasteiger partial charge in [0.15, 0.2) is 0 Å². The molecule has 0 N–H and O–H groups in total. The van der Waals surface area contributed by atoms with Crippen molar-refractivity contribution in [1.82, 2.24) is 9.13 Å². The number of rotatable bonds is 4. The van der Waals surface area contributed by atoms with E-state index in [1.165, 1.54) is 14.1 Å². The van der Waals surface area contributed by atoms with Crippen molar-refractivity contribution in [2.75, 3.05) is 19.0 Å². The molecule has 0 radical (unpaired) electrons. The van der Waals surface area contributed by atoms with Crippen LogP contribution in [0.4, 0.5) is 5.69 Å². The van der Waals surface area contributed by atoms with E-state index in [1.54, 1.807) is 24.3 Å². The van der Waals surface area contributed by atoms with Crippen LogP contribution in [-0.2, 0) is 14.1 Å². The Morgan fingerprint density at radius 2 is 1.41 bits per heavy atom. The summed E-state index contributed by atoms with van der Waals surface area (Å²) < 4.78 is 1.62. The van der Waals surface area contributed by atoms with E-state index in [0.29, 0.717) is 5.56 Å². The second-order valence-corrected chi connectivity index (χ2v) is 6.12. The maximum Gasteiger partial charge on any atom is 1.00 e. The summed E-state index contributed by atoms with van der Waals surface area (Å²) in [6.45, 7) is 0. The predicted molar refractivity (Wildman–Crippen MR) is 96.1 cm³/mol. The van der Waals surface area contributed by atoms with Crippen LogP contribution in [-0.4, -0.2) is 23.2 Å². The number of anilines is 1. The van der Waals surface area contributed by atoms with Crippen LogP contribution >= 0.6 is 0 Å². The Balaban J connectivity index is 0.00000364. The van der Waals surface area contributed by atoms with Gasteiger partial charge in [0.1, 0.15) is 17.0 Å². The molecule has 9 heteroatoms. The van der Waals surface area contributed by atoms with E-state index >= 15 is 0 Å². The first kappa shape index (κ1) is 23.2. The molecule has 0 fully saturated rings. The molecule has 1 aromatic heterocycles. The maximum atomic E-state index is 12.6.